The molecule has 11 heteroatoms. The summed E-state index contributed by atoms with van der Waals surface area (Å²) in [6, 6.07) is 5.63. The third-order valence-electron chi connectivity index (χ3n) is 4.85. The zero-order valence-electron chi connectivity index (χ0n) is 15.9. The molecule has 1 aliphatic rings. The number of nitrogens with one attached hydrogen (secondary N) is 1. The summed E-state index contributed by atoms with van der Waals surface area (Å²) in [7, 11) is -3.49. The summed E-state index contributed by atoms with van der Waals surface area (Å²) in [5, 5.41) is 32.5. The average Bonchev–Trinajstić information content (AvgIpc) is 2.94. The van der Waals surface area contributed by atoms with Crippen molar-refractivity contribution in [1.29, 1.82) is 0 Å². The first kappa shape index (κ1) is 22.3. The highest BCUT2D eigenvalue weighted by molar-refractivity contribution is 7.90. The first-order chi connectivity index (χ1) is 14.1. The fourth-order valence-corrected chi connectivity index (χ4v) is 4.38. The quantitative estimate of drug-likeness (QED) is 0.318. The van der Waals surface area contributed by atoms with Gasteiger partial charge in [0.25, 0.3) is 0 Å². The molecule has 9 nitrogen and oxygen atoms in total. The van der Waals surface area contributed by atoms with E-state index in [0.29, 0.717) is 0 Å². The van der Waals surface area contributed by atoms with Crippen LogP contribution >= 0.6 is 11.6 Å². The number of aromatic nitrogens is 2. The maximum Gasteiger partial charge on any atom is 0.223 e. The molecule has 3 rings (SSSR count). The van der Waals surface area contributed by atoms with E-state index in [9.17, 15) is 23.7 Å². The van der Waals surface area contributed by atoms with Crippen LogP contribution in [0.25, 0.3) is 0 Å². The Labute approximate surface area is 178 Å². The predicted octanol–water partition coefficient (Wildman–Crippen LogP) is 0.0300. The van der Waals surface area contributed by atoms with Gasteiger partial charge in [0.05, 0.1) is 17.0 Å². The van der Waals surface area contributed by atoms with Gasteiger partial charge in [-0.25, -0.2) is 8.42 Å². The number of nitrogen functional groups attached to an aromatic ring is 1. The molecule has 1 aromatic carbocycles. The Morgan fingerprint density at radius 2 is 1.93 bits per heavy atom. The largest absolute Gasteiger partial charge is 0.396 e. The number of rotatable bonds is 4. The Hall–Kier alpha value is -2.42. The molecule has 1 aliphatic carbocycles. The van der Waals surface area contributed by atoms with Gasteiger partial charge in [0, 0.05) is 24.3 Å². The molecule has 1 aromatic heterocycles. The number of aliphatic hydroxyl groups is 3. The summed E-state index contributed by atoms with van der Waals surface area (Å²) in [5.41, 5.74) is 6.11. The normalized spacial score (nSPS) is 23.6. The summed E-state index contributed by atoms with van der Waals surface area (Å²) < 4.78 is 24.0. The zero-order chi connectivity index (χ0) is 22.1. The number of halogens is 1. The number of hydrogen-bond acceptors (Lipinski definition) is 9. The lowest BCUT2D eigenvalue weighted by Gasteiger charge is -2.19. The van der Waals surface area contributed by atoms with Crippen molar-refractivity contribution < 1.29 is 23.7 Å². The van der Waals surface area contributed by atoms with Crippen LogP contribution in [0.4, 0.5) is 11.8 Å². The highest BCUT2D eigenvalue weighted by Gasteiger charge is 2.41. The number of aliphatic hydroxyl groups excluding tert-OH is 3. The van der Waals surface area contributed by atoms with Gasteiger partial charge in [-0.1, -0.05) is 35.6 Å². The van der Waals surface area contributed by atoms with E-state index in [-0.39, 0.29) is 46.0 Å². The third kappa shape index (κ3) is 4.66. The number of hydrogen-bond donors (Lipinski definition) is 5. The van der Waals surface area contributed by atoms with Gasteiger partial charge in [-0.05, 0) is 18.6 Å². The second-order valence-electron chi connectivity index (χ2n) is 7.02. The lowest BCUT2D eigenvalue weighted by Crippen LogP contribution is -2.35. The molecule has 0 amide bonds. The Bertz CT molecular complexity index is 1120. The van der Waals surface area contributed by atoms with Crippen LogP contribution in [-0.4, -0.2) is 64.8 Å². The highest BCUT2D eigenvalue weighted by atomic mass is 35.5. The molecule has 0 radical (unpaired) electrons. The molecule has 0 saturated heterocycles. The summed E-state index contributed by atoms with van der Waals surface area (Å²) in [5.74, 6) is 5.06. The fraction of sp³-hybridized carbons (Fsp3) is 0.368. The summed E-state index contributed by atoms with van der Waals surface area (Å²) >= 11 is 6.19. The van der Waals surface area contributed by atoms with Crippen molar-refractivity contribution in [3.8, 4) is 11.8 Å². The Kier molecular flexibility index (Phi) is 6.50. The van der Waals surface area contributed by atoms with Crippen LogP contribution < -0.4 is 11.1 Å². The van der Waals surface area contributed by atoms with E-state index >= 15 is 0 Å². The minimum Gasteiger partial charge on any atom is -0.396 e. The van der Waals surface area contributed by atoms with Crippen LogP contribution in [0.5, 0.6) is 0 Å². The maximum atomic E-state index is 12.0. The van der Waals surface area contributed by atoms with E-state index < -0.39 is 34.0 Å². The number of benzene rings is 1. The van der Waals surface area contributed by atoms with Gasteiger partial charge >= 0.3 is 0 Å². The molecule has 1 heterocycles. The number of sulfone groups is 1. The van der Waals surface area contributed by atoms with E-state index in [2.05, 4.69) is 27.1 Å². The van der Waals surface area contributed by atoms with Gasteiger partial charge in [0.2, 0.25) is 5.95 Å². The van der Waals surface area contributed by atoms with Crippen LogP contribution in [0.1, 0.15) is 17.5 Å². The smallest absolute Gasteiger partial charge is 0.223 e. The molecule has 1 fully saturated rings. The van der Waals surface area contributed by atoms with Gasteiger partial charge in [0.1, 0.15) is 17.5 Å². The second-order valence-corrected chi connectivity index (χ2v) is 9.37. The molecular formula is C19H21ClN4O5S. The van der Waals surface area contributed by atoms with E-state index in [1.54, 1.807) is 18.2 Å². The van der Waals surface area contributed by atoms with Crippen molar-refractivity contribution in [3.63, 3.8) is 0 Å². The topological polar surface area (TPSA) is 159 Å². The standard InChI is InChI=1S/C19H21ClN4O5S/c1-30(28,29)14-5-3-2-4-10(14)6-7-12-17(20)23-19(21)24-18(12)22-13-8-11(9-25)15(26)16(13)27/h2-5,11,13,15-16,25-27H,8-9H2,1H3,(H3,21,22,23,24). The van der Waals surface area contributed by atoms with Crippen LogP contribution in [-0.2, 0) is 9.84 Å². The predicted molar refractivity (Wildman–Crippen MR) is 112 cm³/mol. The van der Waals surface area contributed by atoms with Gasteiger partial charge in [-0.2, -0.15) is 9.97 Å². The van der Waals surface area contributed by atoms with Crippen molar-refractivity contribution >= 4 is 33.2 Å². The molecule has 0 bridgehead atoms. The highest BCUT2D eigenvalue weighted by Crippen LogP contribution is 2.30. The van der Waals surface area contributed by atoms with Crippen molar-refractivity contribution in [3.05, 3.63) is 40.5 Å². The van der Waals surface area contributed by atoms with E-state index in [1.165, 1.54) is 6.07 Å². The number of anilines is 2. The maximum absolute atomic E-state index is 12.0. The minimum atomic E-state index is -3.49. The molecule has 160 valence electrons. The molecule has 2 aromatic rings. The first-order valence-electron chi connectivity index (χ1n) is 8.99. The van der Waals surface area contributed by atoms with Crippen molar-refractivity contribution in [2.75, 3.05) is 23.9 Å². The first-order valence-corrected chi connectivity index (χ1v) is 11.3. The average molecular weight is 453 g/mol. The van der Waals surface area contributed by atoms with Gasteiger partial charge in [-0.15, -0.1) is 0 Å². The summed E-state index contributed by atoms with van der Waals surface area (Å²) in [6.07, 6.45) is -0.879. The van der Waals surface area contributed by atoms with Crippen LogP contribution in [0.15, 0.2) is 29.2 Å². The number of nitrogens with zero attached hydrogens (tertiary/aromatic N) is 2. The molecule has 0 spiro atoms. The Balaban J connectivity index is 2.00. The lowest BCUT2D eigenvalue weighted by atomic mass is 10.1. The van der Waals surface area contributed by atoms with Crippen LogP contribution in [0.2, 0.25) is 5.15 Å². The van der Waals surface area contributed by atoms with Crippen LogP contribution in [0, 0.1) is 17.8 Å². The van der Waals surface area contributed by atoms with Gasteiger partial charge < -0.3 is 26.4 Å². The Morgan fingerprint density at radius 3 is 2.57 bits per heavy atom. The second kappa shape index (κ2) is 8.75. The van der Waals surface area contributed by atoms with E-state index in [1.807, 2.05) is 0 Å². The molecule has 4 unspecified atom stereocenters. The molecule has 30 heavy (non-hydrogen) atoms. The SMILES string of the molecule is CS(=O)(=O)c1ccccc1C#Cc1c(Cl)nc(N)nc1NC1CC(CO)C(O)C1O. The minimum absolute atomic E-state index is 0.0546. The molecule has 6 N–H and O–H groups in total. The summed E-state index contributed by atoms with van der Waals surface area (Å²) in [4.78, 5) is 8.03. The Morgan fingerprint density at radius 1 is 1.23 bits per heavy atom. The lowest BCUT2D eigenvalue weighted by molar-refractivity contribution is 0.00445. The third-order valence-corrected chi connectivity index (χ3v) is 6.28. The molecule has 1 saturated carbocycles. The number of nitrogens with two attached hydrogens (primary N) is 1. The molecule has 0 aliphatic heterocycles. The van der Waals surface area contributed by atoms with Gasteiger partial charge in [0.15, 0.2) is 15.0 Å². The van der Waals surface area contributed by atoms with E-state index in [4.69, 9.17) is 17.3 Å². The molecule has 4 atom stereocenters. The fourth-order valence-electron chi connectivity index (χ4n) is 3.31. The van der Waals surface area contributed by atoms with Crippen LogP contribution in [0.3, 0.4) is 0 Å². The monoisotopic (exact) mass is 452 g/mol. The van der Waals surface area contributed by atoms with Crippen molar-refractivity contribution in [2.45, 2.75) is 29.6 Å². The van der Waals surface area contributed by atoms with Gasteiger partial charge in [-0.3, -0.25) is 0 Å². The van der Waals surface area contributed by atoms with Crippen molar-refractivity contribution in [2.24, 2.45) is 5.92 Å². The molecular weight excluding hydrogens is 432 g/mol. The zero-order valence-corrected chi connectivity index (χ0v) is 17.5. The van der Waals surface area contributed by atoms with E-state index in [0.717, 1.165) is 6.26 Å². The van der Waals surface area contributed by atoms with Crippen molar-refractivity contribution in [1.82, 2.24) is 9.97 Å². The summed E-state index contributed by atoms with van der Waals surface area (Å²) in [6.45, 7) is -0.280.